The molecule has 0 atom stereocenters. The lowest BCUT2D eigenvalue weighted by Crippen LogP contribution is -2.14. The van der Waals surface area contributed by atoms with Crippen molar-refractivity contribution in [2.24, 2.45) is 0 Å². The van der Waals surface area contributed by atoms with Gasteiger partial charge in [0.15, 0.2) is 0 Å². The van der Waals surface area contributed by atoms with E-state index in [1.54, 1.807) is 36.4 Å². The minimum absolute atomic E-state index is 0.0931. The number of rotatable bonds is 4. The number of carbonyl (C=O) groups is 2. The van der Waals surface area contributed by atoms with Crippen LogP contribution in [0.4, 0.5) is 5.69 Å². The van der Waals surface area contributed by atoms with Gasteiger partial charge in [0.25, 0.3) is 0 Å². The van der Waals surface area contributed by atoms with Crippen molar-refractivity contribution in [1.82, 2.24) is 0 Å². The van der Waals surface area contributed by atoms with Crippen LogP contribution in [0.2, 0.25) is 5.02 Å². The minimum atomic E-state index is -1.06. The molecule has 2 aromatic carbocycles. The van der Waals surface area contributed by atoms with Crippen LogP contribution in [0, 0.1) is 0 Å². The van der Waals surface area contributed by atoms with E-state index in [2.05, 4.69) is 21.2 Å². The van der Waals surface area contributed by atoms with E-state index >= 15 is 0 Å². The molecule has 0 aromatic heterocycles. The molecular weight excluding hydrogens is 358 g/mol. The van der Waals surface area contributed by atoms with Crippen LogP contribution >= 0.6 is 27.5 Å². The van der Waals surface area contributed by atoms with E-state index in [0.29, 0.717) is 15.2 Å². The fraction of sp³-hybridized carbons (Fsp3) is 0.0667. The number of carboxylic acids is 1. The number of carbonyl (C=O) groups excluding carboxylic acids is 1. The quantitative estimate of drug-likeness (QED) is 0.858. The van der Waals surface area contributed by atoms with Gasteiger partial charge < -0.3 is 10.4 Å². The molecule has 4 nitrogen and oxygen atoms in total. The van der Waals surface area contributed by atoms with Crippen molar-refractivity contribution < 1.29 is 14.7 Å². The number of benzene rings is 2. The van der Waals surface area contributed by atoms with Crippen molar-refractivity contribution in [2.75, 3.05) is 5.32 Å². The van der Waals surface area contributed by atoms with Crippen LogP contribution in [-0.2, 0) is 11.2 Å². The molecule has 6 heteroatoms. The molecule has 0 saturated heterocycles. The molecule has 0 fully saturated rings. The summed E-state index contributed by atoms with van der Waals surface area (Å²) in [7, 11) is 0. The van der Waals surface area contributed by atoms with Gasteiger partial charge in [-0.3, -0.25) is 4.79 Å². The maximum atomic E-state index is 11.9. The van der Waals surface area contributed by atoms with Crippen LogP contribution in [0.1, 0.15) is 15.9 Å². The van der Waals surface area contributed by atoms with Crippen molar-refractivity contribution in [1.29, 1.82) is 0 Å². The van der Waals surface area contributed by atoms with Gasteiger partial charge in [0.1, 0.15) is 0 Å². The first-order chi connectivity index (χ1) is 9.95. The molecule has 0 aliphatic carbocycles. The fourth-order valence-corrected chi connectivity index (χ4v) is 2.43. The average Bonchev–Trinajstić information content (AvgIpc) is 2.40. The number of carboxylic acid groups (broad SMARTS) is 1. The lowest BCUT2D eigenvalue weighted by atomic mass is 10.1. The molecule has 21 heavy (non-hydrogen) atoms. The molecule has 0 spiro atoms. The third kappa shape index (κ3) is 4.31. The van der Waals surface area contributed by atoms with Crippen LogP contribution in [-0.4, -0.2) is 17.0 Å². The SMILES string of the molecule is O=C(Cc1cccc(Cl)c1)Nc1ccc(Br)c(C(=O)O)c1. The average molecular weight is 369 g/mol. The lowest BCUT2D eigenvalue weighted by Gasteiger charge is -2.07. The first-order valence-corrected chi connectivity index (χ1v) is 7.20. The van der Waals surface area contributed by atoms with Crippen molar-refractivity contribution >= 4 is 45.1 Å². The van der Waals surface area contributed by atoms with Crippen molar-refractivity contribution in [3.05, 3.63) is 63.1 Å². The highest BCUT2D eigenvalue weighted by molar-refractivity contribution is 9.10. The van der Waals surface area contributed by atoms with Crippen LogP contribution in [0.3, 0.4) is 0 Å². The first-order valence-electron chi connectivity index (χ1n) is 6.03. The van der Waals surface area contributed by atoms with Crippen LogP contribution in [0.25, 0.3) is 0 Å². The van der Waals surface area contributed by atoms with Crippen LogP contribution in [0.5, 0.6) is 0 Å². The summed E-state index contributed by atoms with van der Waals surface area (Å²) in [6, 6.07) is 11.6. The van der Waals surface area contributed by atoms with E-state index in [-0.39, 0.29) is 17.9 Å². The van der Waals surface area contributed by atoms with Gasteiger partial charge >= 0.3 is 5.97 Å². The Hall–Kier alpha value is -1.85. The van der Waals surface area contributed by atoms with Gasteiger partial charge in [-0.2, -0.15) is 0 Å². The molecule has 0 radical (unpaired) electrons. The minimum Gasteiger partial charge on any atom is -0.478 e. The van der Waals surface area contributed by atoms with Crippen LogP contribution < -0.4 is 5.32 Å². The van der Waals surface area contributed by atoms with Gasteiger partial charge in [-0.05, 0) is 51.8 Å². The van der Waals surface area contributed by atoms with Gasteiger partial charge in [0.05, 0.1) is 12.0 Å². The van der Waals surface area contributed by atoms with E-state index in [1.165, 1.54) is 6.07 Å². The highest BCUT2D eigenvalue weighted by Gasteiger charge is 2.11. The predicted octanol–water partition coefficient (Wildman–Crippen LogP) is 3.98. The lowest BCUT2D eigenvalue weighted by molar-refractivity contribution is -0.115. The molecule has 0 saturated carbocycles. The van der Waals surface area contributed by atoms with E-state index in [0.717, 1.165) is 5.56 Å². The van der Waals surface area contributed by atoms with Crippen LogP contribution in [0.15, 0.2) is 46.9 Å². The molecular formula is C15H11BrClNO3. The Balaban J connectivity index is 2.09. The number of hydrogen-bond donors (Lipinski definition) is 2. The standard InChI is InChI=1S/C15H11BrClNO3/c16-13-5-4-11(8-12(13)15(20)21)18-14(19)7-9-2-1-3-10(17)6-9/h1-6,8H,7H2,(H,18,19)(H,20,21). The molecule has 2 N–H and O–H groups in total. The van der Waals surface area contributed by atoms with Crippen molar-refractivity contribution in [2.45, 2.75) is 6.42 Å². The Morgan fingerprint density at radius 3 is 2.62 bits per heavy atom. The second-order valence-corrected chi connectivity index (χ2v) is 5.65. The summed E-state index contributed by atoms with van der Waals surface area (Å²) < 4.78 is 0.461. The maximum absolute atomic E-state index is 11.9. The maximum Gasteiger partial charge on any atom is 0.336 e. The Kier molecular flexibility index (Phi) is 4.98. The number of halogens is 2. The summed E-state index contributed by atoms with van der Waals surface area (Å²) in [6.45, 7) is 0. The summed E-state index contributed by atoms with van der Waals surface area (Å²) >= 11 is 9.01. The Morgan fingerprint density at radius 2 is 1.95 bits per heavy atom. The summed E-state index contributed by atoms with van der Waals surface area (Å²) in [5.74, 6) is -1.30. The topological polar surface area (TPSA) is 66.4 Å². The largest absolute Gasteiger partial charge is 0.478 e. The van der Waals surface area contributed by atoms with E-state index in [9.17, 15) is 9.59 Å². The summed E-state index contributed by atoms with van der Waals surface area (Å²) in [5.41, 5.74) is 1.31. The van der Waals surface area contributed by atoms with Gasteiger partial charge in [-0.25, -0.2) is 4.79 Å². The summed E-state index contributed by atoms with van der Waals surface area (Å²) in [5, 5.41) is 12.3. The Labute approximate surface area is 134 Å². The predicted molar refractivity (Wildman–Crippen MR) is 84.9 cm³/mol. The zero-order valence-corrected chi connectivity index (χ0v) is 13.1. The van der Waals surface area contributed by atoms with Gasteiger partial charge in [0, 0.05) is 15.2 Å². The third-order valence-corrected chi connectivity index (χ3v) is 3.66. The molecule has 108 valence electrons. The molecule has 0 unspecified atom stereocenters. The molecule has 0 heterocycles. The highest BCUT2D eigenvalue weighted by atomic mass is 79.9. The number of anilines is 1. The van der Waals surface area contributed by atoms with Gasteiger partial charge in [-0.1, -0.05) is 23.7 Å². The number of amides is 1. The first kappa shape index (κ1) is 15.5. The fourth-order valence-electron chi connectivity index (χ4n) is 1.80. The number of hydrogen-bond acceptors (Lipinski definition) is 2. The van der Waals surface area contributed by atoms with Gasteiger partial charge in [-0.15, -0.1) is 0 Å². The van der Waals surface area contributed by atoms with E-state index < -0.39 is 5.97 Å². The smallest absolute Gasteiger partial charge is 0.336 e. The highest BCUT2D eigenvalue weighted by Crippen LogP contribution is 2.21. The molecule has 2 rings (SSSR count). The number of aromatic carboxylic acids is 1. The molecule has 0 bridgehead atoms. The summed E-state index contributed by atoms with van der Waals surface area (Å²) in [4.78, 5) is 23.0. The molecule has 0 aliphatic heterocycles. The van der Waals surface area contributed by atoms with Crippen molar-refractivity contribution in [3.63, 3.8) is 0 Å². The second kappa shape index (κ2) is 6.74. The normalized spacial score (nSPS) is 10.2. The van der Waals surface area contributed by atoms with Crippen molar-refractivity contribution in [3.8, 4) is 0 Å². The monoisotopic (exact) mass is 367 g/mol. The Bertz CT molecular complexity index is 703. The third-order valence-electron chi connectivity index (χ3n) is 2.73. The molecule has 2 aromatic rings. The number of nitrogens with one attached hydrogen (secondary N) is 1. The Morgan fingerprint density at radius 1 is 1.19 bits per heavy atom. The second-order valence-electron chi connectivity index (χ2n) is 4.35. The summed E-state index contributed by atoms with van der Waals surface area (Å²) in [6.07, 6.45) is 0.166. The molecule has 0 aliphatic rings. The van der Waals surface area contributed by atoms with Gasteiger partial charge in [0.2, 0.25) is 5.91 Å². The zero-order chi connectivity index (χ0) is 15.4. The zero-order valence-electron chi connectivity index (χ0n) is 10.8. The van der Waals surface area contributed by atoms with E-state index in [4.69, 9.17) is 16.7 Å². The molecule has 1 amide bonds. The van der Waals surface area contributed by atoms with E-state index in [1.807, 2.05) is 0 Å².